The number of aryl methyl sites for hydroxylation is 2. The fraction of sp³-hybridized carbons (Fsp3) is 0.500. The molecule has 0 aromatic carbocycles. The molecule has 0 spiro atoms. The molecule has 1 saturated heterocycles. The Morgan fingerprint density at radius 3 is 2.76 bits per heavy atom. The lowest BCUT2D eigenvalue weighted by atomic mass is 10.1. The first kappa shape index (κ1) is 14.3. The second-order valence-corrected chi connectivity index (χ2v) is 7.27. The van der Waals surface area contributed by atoms with Crippen molar-refractivity contribution in [1.29, 1.82) is 0 Å². The van der Waals surface area contributed by atoms with Crippen molar-refractivity contribution in [1.82, 2.24) is 9.88 Å². The number of carbonyl (C=O) groups excluding carboxylic acids is 1. The van der Waals surface area contributed by atoms with Gasteiger partial charge in [0, 0.05) is 34.1 Å². The van der Waals surface area contributed by atoms with Crippen LogP contribution in [0.25, 0.3) is 10.1 Å². The van der Waals surface area contributed by atoms with Crippen LogP contribution in [-0.4, -0.2) is 28.4 Å². The Labute approximate surface area is 129 Å². The Balaban J connectivity index is 2.07. The number of nitrogens with zero attached hydrogens (tertiary/aromatic N) is 2. The highest BCUT2D eigenvalue weighted by molar-refractivity contribution is 7.21. The summed E-state index contributed by atoms with van der Waals surface area (Å²) in [5.74, 6) is 0.632. The zero-order valence-corrected chi connectivity index (χ0v) is 13.8. The van der Waals surface area contributed by atoms with Crippen LogP contribution in [0.1, 0.15) is 41.3 Å². The van der Waals surface area contributed by atoms with Gasteiger partial charge in [-0.1, -0.05) is 6.92 Å². The highest BCUT2D eigenvalue weighted by Gasteiger charge is 2.32. The summed E-state index contributed by atoms with van der Waals surface area (Å²) in [6.45, 7) is 9.04. The fourth-order valence-electron chi connectivity index (χ4n) is 3.35. The van der Waals surface area contributed by atoms with Crippen molar-refractivity contribution in [2.24, 2.45) is 5.92 Å². The first-order valence-electron chi connectivity index (χ1n) is 7.35. The number of likely N-dealkylation sites (tertiary alicyclic amines) is 1. The third kappa shape index (κ3) is 2.29. The molecular weight excluding hydrogens is 282 g/mol. The molecule has 2 atom stereocenters. The van der Waals surface area contributed by atoms with Crippen molar-refractivity contribution in [3.05, 3.63) is 22.3 Å². The lowest BCUT2D eigenvalue weighted by Crippen LogP contribution is -2.33. The molecule has 0 bridgehead atoms. The molecule has 1 fully saturated rings. The molecule has 3 heterocycles. The number of amides is 1. The Hall–Kier alpha value is -1.62. The molecular formula is C16H21N3OS. The van der Waals surface area contributed by atoms with Gasteiger partial charge in [-0.15, -0.1) is 11.3 Å². The number of aromatic nitrogens is 1. The molecule has 21 heavy (non-hydrogen) atoms. The van der Waals surface area contributed by atoms with Gasteiger partial charge in [0.05, 0.1) is 5.69 Å². The minimum absolute atomic E-state index is 0.0719. The summed E-state index contributed by atoms with van der Waals surface area (Å²) >= 11 is 1.49. The first-order valence-corrected chi connectivity index (χ1v) is 8.17. The van der Waals surface area contributed by atoms with Gasteiger partial charge in [-0.25, -0.2) is 0 Å². The van der Waals surface area contributed by atoms with Gasteiger partial charge in [-0.05, 0) is 39.2 Å². The van der Waals surface area contributed by atoms with Gasteiger partial charge in [-0.2, -0.15) is 0 Å². The van der Waals surface area contributed by atoms with Gasteiger partial charge < -0.3 is 10.6 Å². The molecule has 4 nitrogen and oxygen atoms in total. The molecule has 5 heteroatoms. The van der Waals surface area contributed by atoms with Gasteiger partial charge in [0.15, 0.2) is 0 Å². The SMILES string of the molecule is Cc1cc2sc(C(=O)N3CC(C)CC3C)c(N)c2c(C)n1. The second-order valence-electron chi connectivity index (χ2n) is 6.21. The second kappa shape index (κ2) is 4.98. The number of carbonyl (C=O) groups is 1. The van der Waals surface area contributed by atoms with Crippen molar-refractivity contribution in [3.8, 4) is 0 Å². The number of anilines is 1. The maximum absolute atomic E-state index is 12.8. The third-order valence-electron chi connectivity index (χ3n) is 4.26. The van der Waals surface area contributed by atoms with Gasteiger partial charge in [0.1, 0.15) is 4.88 Å². The van der Waals surface area contributed by atoms with Crippen molar-refractivity contribution in [2.75, 3.05) is 12.3 Å². The quantitative estimate of drug-likeness (QED) is 0.878. The van der Waals surface area contributed by atoms with Crippen LogP contribution in [0.5, 0.6) is 0 Å². The Kier molecular flexibility index (Phi) is 3.40. The van der Waals surface area contributed by atoms with E-state index in [-0.39, 0.29) is 11.9 Å². The van der Waals surface area contributed by atoms with Crippen LogP contribution in [0, 0.1) is 19.8 Å². The summed E-state index contributed by atoms with van der Waals surface area (Å²) in [6.07, 6.45) is 1.07. The zero-order valence-electron chi connectivity index (χ0n) is 12.9. The van der Waals surface area contributed by atoms with E-state index in [0.717, 1.165) is 34.4 Å². The van der Waals surface area contributed by atoms with E-state index in [2.05, 4.69) is 18.8 Å². The molecule has 1 aliphatic heterocycles. The highest BCUT2D eigenvalue weighted by Crippen LogP contribution is 2.37. The van der Waals surface area contributed by atoms with Gasteiger partial charge in [0.2, 0.25) is 0 Å². The largest absolute Gasteiger partial charge is 0.397 e. The number of thiophene rings is 1. The summed E-state index contributed by atoms with van der Waals surface area (Å²) < 4.78 is 1.06. The average Bonchev–Trinajstić information content (AvgIpc) is 2.89. The molecule has 2 aromatic rings. The van der Waals surface area contributed by atoms with Gasteiger partial charge in [0.25, 0.3) is 5.91 Å². The minimum atomic E-state index is 0.0719. The van der Waals surface area contributed by atoms with E-state index in [1.54, 1.807) is 0 Å². The van der Waals surface area contributed by atoms with Crippen molar-refractivity contribution < 1.29 is 4.79 Å². The van der Waals surface area contributed by atoms with E-state index in [0.29, 0.717) is 16.5 Å². The number of hydrogen-bond donors (Lipinski definition) is 1. The normalized spacial score (nSPS) is 22.2. The molecule has 2 N–H and O–H groups in total. The van der Waals surface area contributed by atoms with Crippen molar-refractivity contribution in [3.63, 3.8) is 0 Å². The van der Waals surface area contributed by atoms with Crippen LogP contribution in [0.4, 0.5) is 5.69 Å². The zero-order chi connectivity index (χ0) is 15.3. The van der Waals surface area contributed by atoms with Crippen molar-refractivity contribution >= 4 is 33.0 Å². The molecule has 3 rings (SSSR count). The fourth-order valence-corrected chi connectivity index (χ4v) is 4.58. The van der Waals surface area contributed by atoms with Crippen LogP contribution in [-0.2, 0) is 0 Å². The molecule has 2 aromatic heterocycles. The van der Waals surface area contributed by atoms with Crippen LogP contribution in [0.2, 0.25) is 0 Å². The standard InChI is InChI=1S/C16H21N3OS/c1-8-5-10(3)19(7-8)16(20)15-14(17)13-11(4)18-9(2)6-12(13)21-15/h6,8,10H,5,7,17H2,1-4H3. The Bertz CT molecular complexity index is 722. The Morgan fingerprint density at radius 2 is 2.14 bits per heavy atom. The molecule has 112 valence electrons. The molecule has 2 unspecified atom stereocenters. The van der Waals surface area contributed by atoms with E-state index in [4.69, 9.17) is 5.73 Å². The third-order valence-corrected chi connectivity index (χ3v) is 5.40. The van der Waals surface area contributed by atoms with Crippen LogP contribution in [0.3, 0.4) is 0 Å². The number of pyridine rings is 1. The van der Waals surface area contributed by atoms with E-state index >= 15 is 0 Å². The van der Waals surface area contributed by atoms with E-state index in [1.807, 2.05) is 24.8 Å². The van der Waals surface area contributed by atoms with E-state index < -0.39 is 0 Å². The highest BCUT2D eigenvalue weighted by atomic mass is 32.1. The summed E-state index contributed by atoms with van der Waals surface area (Å²) in [7, 11) is 0. The molecule has 0 aliphatic carbocycles. The average molecular weight is 303 g/mol. The van der Waals surface area contributed by atoms with Crippen molar-refractivity contribution in [2.45, 2.75) is 40.2 Å². The van der Waals surface area contributed by atoms with E-state index in [1.165, 1.54) is 11.3 Å². The van der Waals surface area contributed by atoms with Gasteiger partial charge in [-0.3, -0.25) is 9.78 Å². The Morgan fingerprint density at radius 1 is 1.43 bits per heavy atom. The molecule has 1 aliphatic rings. The van der Waals surface area contributed by atoms with Crippen LogP contribution >= 0.6 is 11.3 Å². The van der Waals surface area contributed by atoms with Crippen LogP contribution < -0.4 is 5.73 Å². The van der Waals surface area contributed by atoms with Gasteiger partial charge >= 0.3 is 0 Å². The maximum Gasteiger partial charge on any atom is 0.266 e. The smallest absolute Gasteiger partial charge is 0.266 e. The monoisotopic (exact) mass is 303 g/mol. The lowest BCUT2D eigenvalue weighted by molar-refractivity contribution is 0.0749. The molecule has 0 radical (unpaired) electrons. The molecule has 1 amide bonds. The predicted octanol–water partition coefficient (Wildman–Crippen LogP) is 3.37. The topological polar surface area (TPSA) is 59.2 Å². The van der Waals surface area contributed by atoms with Crippen LogP contribution in [0.15, 0.2) is 6.07 Å². The first-order chi connectivity index (χ1) is 9.88. The number of nitrogens with two attached hydrogens (primary N) is 1. The number of fused-ring (bicyclic) bond motifs is 1. The van der Waals surface area contributed by atoms with E-state index in [9.17, 15) is 4.79 Å². The number of hydrogen-bond acceptors (Lipinski definition) is 4. The predicted molar refractivity (Wildman–Crippen MR) is 87.8 cm³/mol. The summed E-state index contributed by atoms with van der Waals surface area (Å²) in [5.41, 5.74) is 8.72. The number of nitrogen functional groups attached to an aromatic ring is 1. The summed E-state index contributed by atoms with van der Waals surface area (Å²) in [4.78, 5) is 19.9. The lowest BCUT2D eigenvalue weighted by Gasteiger charge is -2.20. The summed E-state index contributed by atoms with van der Waals surface area (Å²) in [6, 6.07) is 2.30. The maximum atomic E-state index is 12.8. The minimum Gasteiger partial charge on any atom is -0.397 e. The number of rotatable bonds is 1. The molecule has 0 saturated carbocycles. The summed E-state index contributed by atoms with van der Waals surface area (Å²) in [5, 5.41) is 0.939.